The number of benzene rings is 1. The van der Waals surface area contributed by atoms with Gasteiger partial charge in [-0.3, -0.25) is 0 Å². The molecule has 2 atom stereocenters. The van der Waals surface area contributed by atoms with Gasteiger partial charge in [-0.05, 0) is 43.7 Å². The van der Waals surface area contributed by atoms with Crippen molar-refractivity contribution in [2.45, 2.75) is 31.2 Å². The van der Waals surface area contributed by atoms with Gasteiger partial charge >= 0.3 is 0 Å². The van der Waals surface area contributed by atoms with E-state index in [2.05, 4.69) is 32.6 Å². The average molecular weight is 360 g/mol. The number of halogens is 2. The summed E-state index contributed by atoms with van der Waals surface area (Å²) in [6, 6.07) is 6.78. The van der Waals surface area contributed by atoms with Crippen molar-refractivity contribution in [1.29, 1.82) is 0 Å². The van der Waals surface area contributed by atoms with Crippen molar-refractivity contribution in [2.24, 2.45) is 0 Å². The van der Waals surface area contributed by atoms with Crippen LogP contribution in [0.25, 0.3) is 11.0 Å². The first-order valence-corrected chi connectivity index (χ1v) is 8.94. The first-order chi connectivity index (χ1) is 9.16. The molecule has 1 aliphatic heterocycles. The first kappa shape index (κ1) is 13.8. The standard InChI is InChI=1S/C14H16BrClN2S/c1-9(16)14-17-12-5-4-10(15)7-13(12)18(14)11-3-2-6-19-8-11/h4-5,7,9,11H,2-3,6,8H2,1H3. The Hall–Kier alpha value is -0.190. The van der Waals surface area contributed by atoms with Crippen LogP contribution in [0, 0.1) is 0 Å². The summed E-state index contributed by atoms with van der Waals surface area (Å²) in [5.74, 6) is 3.44. The highest BCUT2D eigenvalue weighted by atomic mass is 79.9. The highest BCUT2D eigenvalue weighted by Crippen LogP contribution is 2.35. The molecule has 19 heavy (non-hydrogen) atoms. The van der Waals surface area contributed by atoms with Crippen LogP contribution in [0.5, 0.6) is 0 Å². The maximum atomic E-state index is 6.34. The number of alkyl halides is 1. The lowest BCUT2D eigenvalue weighted by Gasteiger charge is -2.25. The fourth-order valence-corrected chi connectivity index (χ4v) is 4.30. The summed E-state index contributed by atoms with van der Waals surface area (Å²) in [6.45, 7) is 2.00. The van der Waals surface area contributed by atoms with Crippen molar-refractivity contribution in [2.75, 3.05) is 11.5 Å². The molecule has 102 valence electrons. The van der Waals surface area contributed by atoms with Crippen LogP contribution in [0.15, 0.2) is 22.7 Å². The third-order valence-electron chi connectivity index (χ3n) is 3.54. The molecule has 2 nitrogen and oxygen atoms in total. The number of thioether (sulfide) groups is 1. The van der Waals surface area contributed by atoms with Crippen molar-refractivity contribution >= 4 is 50.3 Å². The Morgan fingerprint density at radius 2 is 2.37 bits per heavy atom. The maximum absolute atomic E-state index is 6.34. The van der Waals surface area contributed by atoms with E-state index in [1.807, 2.05) is 24.8 Å². The van der Waals surface area contributed by atoms with Crippen LogP contribution in [-0.2, 0) is 0 Å². The quantitative estimate of drug-likeness (QED) is 0.689. The second-order valence-corrected chi connectivity index (χ2v) is 7.68. The van der Waals surface area contributed by atoms with Gasteiger partial charge in [-0.2, -0.15) is 11.8 Å². The summed E-state index contributed by atoms with van der Waals surface area (Å²) < 4.78 is 3.46. The summed E-state index contributed by atoms with van der Waals surface area (Å²) in [5, 5.41) is -0.0573. The zero-order valence-electron chi connectivity index (χ0n) is 10.8. The molecule has 3 rings (SSSR count). The zero-order valence-corrected chi connectivity index (χ0v) is 13.9. The fraction of sp³-hybridized carbons (Fsp3) is 0.500. The minimum Gasteiger partial charge on any atom is -0.323 e. The predicted octanol–water partition coefficient (Wildman–Crippen LogP) is 5.17. The van der Waals surface area contributed by atoms with Crippen molar-refractivity contribution < 1.29 is 0 Å². The van der Waals surface area contributed by atoms with Crippen LogP contribution in [0.1, 0.15) is 37.0 Å². The van der Waals surface area contributed by atoms with Gasteiger partial charge in [0, 0.05) is 16.3 Å². The number of hydrogen-bond acceptors (Lipinski definition) is 2. The van der Waals surface area contributed by atoms with E-state index in [-0.39, 0.29) is 5.38 Å². The van der Waals surface area contributed by atoms with Gasteiger partial charge in [0.25, 0.3) is 0 Å². The zero-order chi connectivity index (χ0) is 13.4. The van der Waals surface area contributed by atoms with Gasteiger partial charge in [-0.15, -0.1) is 11.6 Å². The molecule has 2 heterocycles. The van der Waals surface area contributed by atoms with Gasteiger partial charge in [0.05, 0.1) is 16.4 Å². The van der Waals surface area contributed by atoms with Crippen LogP contribution in [0.2, 0.25) is 0 Å². The Morgan fingerprint density at radius 3 is 3.05 bits per heavy atom. The maximum Gasteiger partial charge on any atom is 0.127 e. The third kappa shape index (κ3) is 2.67. The van der Waals surface area contributed by atoms with E-state index in [1.54, 1.807) is 0 Å². The van der Waals surface area contributed by atoms with E-state index in [9.17, 15) is 0 Å². The van der Waals surface area contributed by atoms with Crippen molar-refractivity contribution in [3.63, 3.8) is 0 Å². The molecule has 1 saturated heterocycles. The average Bonchev–Trinajstić information content (AvgIpc) is 2.78. The molecule has 2 unspecified atom stereocenters. The minimum absolute atomic E-state index is 0.0573. The van der Waals surface area contributed by atoms with Crippen molar-refractivity contribution in [3.05, 3.63) is 28.5 Å². The summed E-state index contributed by atoms with van der Waals surface area (Å²) in [6.07, 6.45) is 2.50. The van der Waals surface area contributed by atoms with E-state index in [0.29, 0.717) is 6.04 Å². The molecular weight excluding hydrogens is 344 g/mol. The molecule has 1 aliphatic rings. The van der Waals surface area contributed by atoms with Crippen LogP contribution in [0.4, 0.5) is 0 Å². The molecule has 1 aromatic carbocycles. The number of rotatable bonds is 2. The minimum atomic E-state index is -0.0573. The van der Waals surface area contributed by atoms with Crippen molar-refractivity contribution in [3.8, 4) is 0 Å². The van der Waals surface area contributed by atoms with Gasteiger partial charge in [-0.1, -0.05) is 15.9 Å². The number of hydrogen-bond donors (Lipinski definition) is 0. The molecule has 2 aromatic rings. The number of nitrogens with zero attached hydrogens (tertiary/aromatic N) is 2. The number of imidazole rings is 1. The lowest BCUT2D eigenvalue weighted by Crippen LogP contribution is -2.18. The Balaban J connectivity index is 2.17. The summed E-state index contributed by atoms with van der Waals surface area (Å²) in [5.41, 5.74) is 2.24. The highest BCUT2D eigenvalue weighted by molar-refractivity contribution is 9.10. The number of aromatic nitrogens is 2. The second-order valence-electron chi connectivity index (χ2n) is 4.96. The Labute approximate surface area is 131 Å². The molecule has 0 aliphatic carbocycles. The molecule has 1 fully saturated rings. The van der Waals surface area contributed by atoms with Crippen molar-refractivity contribution in [1.82, 2.24) is 9.55 Å². The van der Waals surface area contributed by atoms with Gasteiger partial charge < -0.3 is 4.57 Å². The predicted molar refractivity (Wildman–Crippen MR) is 87.3 cm³/mol. The molecule has 0 saturated carbocycles. The summed E-state index contributed by atoms with van der Waals surface area (Å²) >= 11 is 11.9. The molecule has 0 bridgehead atoms. The van der Waals surface area contributed by atoms with Crippen LogP contribution < -0.4 is 0 Å². The Morgan fingerprint density at radius 1 is 1.53 bits per heavy atom. The molecule has 0 amide bonds. The van der Waals surface area contributed by atoms with Gasteiger partial charge in [-0.25, -0.2) is 4.98 Å². The third-order valence-corrected chi connectivity index (χ3v) is 5.42. The molecule has 0 radical (unpaired) electrons. The highest BCUT2D eigenvalue weighted by Gasteiger charge is 2.23. The smallest absolute Gasteiger partial charge is 0.127 e. The lowest BCUT2D eigenvalue weighted by molar-refractivity contribution is 0.493. The topological polar surface area (TPSA) is 17.8 Å². The largest absolute Gasteiger partial charge is 0.323 e. The Bertz CT molecular complexity index is 590. The van der Waals surface area contributed by atoms with E-state index in [0.717, 1.165) is 21.6 Å². The van der Waals surface area contributed by atoms with E-state index >= 15 is 0 Å². The first-order valence-electron chi connectivity index (χ1n) is 6.56. The molecular formula is C14H16BrClN2S. The fourth-order valence-electron chi connectivity index (χ4n) is 2.68. The normalized spacial score (nSPS) is 21.7. The monoisotopic (exact) mass is 358 g/mol. The van der Waals surface area contributed by atoms with Gasteiger partial charge in [0.1, 0.15) is 5.82 Å². The number of fused-ring (bicyclic) bond motifs is 1. The molecule has 0 spiro atoms. The molecule has 5 heteroatoms. The van der Waals surface area contributed by atoms with E-state index in [1.165, 1.54) is 24.1 Å². The van der Waals surface area contributed by atoms with Crippen LogP contribution >= 0.6 is 39.3 Å². The molecule has 1 aromatic heterocycles. The van der Waals surface area contributed by atoms with E-state index < -0.39 is 0 Å². The Kier molecular flexibility index (Phi) is 4.11. The second kappa shape index (κ2) is 5.66. The van der Waals surface area contributed by atoms with Crippen LogP contribution in [0.3, 0.4) is 0 Å². The SMILES string of the molecule is CC(Cl)c1nc2ccc(Br)cc2n1C1CCCSC1. The summed E-state index contributed by atoms with van der Waals surface area (Å²) in [4.78, 5) is 4.73. The molecule has 0 N–H and O–H groups in total. The summed E-state index contributed by atoms with van der Waals surface area (Å²) in [7, 11) is 0. The van der Waals surface area contributed by atoms with Gasteiger partial charge in [0.15, 0.2) is 0 Å². The lowest BCUT2D eigenvalue weighted by atomic mass is 10.1. The van der Waals surface area contributed by atoms with Crippen LogP contribution in [-0.4, -0.2) is 21.1 Å². The van der Waals surface area contributed by atoms with E-state index in [4.69, 9.17) is 16.6 Å². The van der Waals surface area contributed by atoms with Gasteiger partial charge in [0.2, 0.25) is 0 Å².